The molecule has 4 heterocycles. The van der Waals surface area contributed by atoms with Crippen molar-refractivity contribution in [1.29, 1.82) is 0 Å². The first kappa shape index (κ1) is 23.4. The van der Waals surface area contributed by atoms with Crippen LogP contribution >= 0.6 is 0 Å². The van der Waals surface area contributed by atoms with Crippen LogP contribution in [0.4, 0.5) is 5.82 Å². The average molecular weight is 496 g/mol. The van der Waals surface area contributed by atoms with Gasteiger partial charge in [-0.25, -0.2) is 13.0 Å². The quantitative estimate of drug-likeness (QED) is 0.291. The van der Waals surface area contributed by atoms with Crippen LogP contribution in [0.1, 0.15) is 12.0 Å². The van der Waals surface area contributed by atoms with Crippen molar-refractivity contribution in [3.8, 4) is 0 Å². The normalized spacial score (nSPS) is 15.1. The third-order valence-corrected chi connectivity index (χ3v) is 8.31. The zero-order valence-electron chi connectivity index (χ0n) is 19.6. The molecule has 1 aliphatic heterocycles. The van der Waals surface area contributed by atoms with Gasteiger partial charge in [0, 0.05) is 12.6 Å². The lowest BCUT2D eigenvalue weighted by Gasteiger charge is -2.23. The van der Waals surface area contributed by atoms with Gasteiger partial charge in [-0.1, -0.05) is 29.2 Å². The zero-order valence-corrected chi connectivity index (χ0v) is 20.4. The molecule has 10 heteroatoms. The number of aromatic nitrogens is 3. The summed E-state index contributed by atoms with van der Waals surface area (Å²) in [6.07, 6.45) is 2.46. The Morgan fingerprint density at radius 2 is 1.89 bits per heavy atom. The van der Waals surface area contributed by atoms with Crippen LogP contribution in [-0.4, -0.2) is 50.7 Å². The molecular weight excluding hydrogens is 466 g/mol. The predicted molar refractivity (Wildman–Crippen MR) is 131 cm³/mol. The number of nitrogens with zero attached hydrogens (tertiary/aromatic N) is 3. The number of nitrogens with two attached hydrogens (primary N) is 1. The molecule has 1 aliphatic rings. The van der Waals surface area contributed by atoms with E-state index < -0.39 is 9.84 Å². The van der Waals surface area contributed by atoms with E-state index in [1.165, 1.54) is 27.5 Å². The van der Waals surface area contributed by atoms with Crippen LogP contribution in [-0.2, 0) is 21.1 Å². The number of sulfone groups is 1. The Labute approximate surface area is 203 Å². The topological polar surface area (TPSA) is 112 Å². The zero-order chi connectivity index (χ0) is 24.6. The molecule has 35 heavy (non-hydrogen) atoms. The summed E-state index contributed by atoms with van der Waals surface area (Å²) >= 11 is 0. The summed E-state index contributed by atoms with van der Waals surface area (Å²) in [7, 11) is -3.95. The summed E-state index contributed by atoms with van der Waals surface area (Å²) in [4.78, 5) is 19.7. The predicted octanol–water partition coefficient (Wildman–Crippen LogP) is 0.164. The fourth-order valence-electron chi connectivity index (χ4n) is 4.60. The number of nitrogen functional groups attached to an aromatic ring is 1. The van der Waals surface area contributed by atoms with Gasteiger partial charge < -0.3 is 15.4 Å². The van der Waals surface area contributed by atoms with Crippen LogP contribution in [0.3, 0.4) is 0 Å². The van der Waals surface area contributed by atoms with Crippen molar-refractivity contribution in [3.05, 3.63) is 70.6 Å². The SMILES string of the molecule is Cc1ccc2nc3c(cc(S(=O)(=O)c4ccccc4)c(N)[n+]3CCC[NH+]3CCOCC3)c(=O)n2c1. The van der Waals surface area contributed by atoms with E-state index in [2.05, 4.69) is 0 Å². The van der Waals surface area contributed by atoms with Crippen molar-refractivity contribution in [2.24, 2.45) is 0 Å². The van der Waals surface area contributed by atoms with Gasteiger partial charge in [0.05, 0.1) is 31.2 Å². The fraction of sp³-hybridized carbons (Fsp3) is 0.320. The second-order valence-corrected chi connectivity index (χ2v) is 10.8. The minimum atomic E-state index is -3.95. The summed E-state index contributed by atoms with van der Waals surface area (Å²) in [6.45, 7) is 6.57. The largest absolute Gasteiger partial charge is 0.370 e. The number of fused-ring (bicyclic) bond motifs is 2. The number of aryl methyl sites for hydroxylation is 2. The summed E-state index contributed by atoms with van der Waals surface area (Å²) in [5.74, 6) is 0.0849. The Kier molecular flexibility index (Phi) is 6.26. The highest BCUT2D eigenvalue weighted by Gasteiger charge is 2.29. The van der Waals surface area contributed by atoms with Gasteiger partial charge in [0.15, 0.2) is 0 Å². The number of nitrogens with one attached hydrogen (secondary N) is 1. The maximum atomic E-state index is 13.6. The van der Waals surface area contributed by atoms with Crippen molar-refractivity contribution < 1.29 is 22.6 Å². The number of rotatable bonds is 6. The third kappa shape index (κ3) is 4.40. The minimum absolute atomic E-state index is 0.0820. The fourth-order valence-corrected chi connectivity index (χ4v) is 6.02. The second-order valence-electron chi connectivity index (χ2n) is 8.92. The van der Waals surface area contributed by atoms with Gasteiger partial charge in [0.2, 0.25) is 21.3 Å². The van der Waals surface area contributed by atoms with E-state index in [1.54, 1.807) is 35.0 Å². The molecule has 0 spiro atoms. The van der Waals surface area contributed by atoms with Crippen LogP contribution < -0.4 is 20.8 Å². The summed E-state index contributed by atoms with van der Waals surface area (Å²) in [5, 5.41) is 0.218. The van der Waals surface area contributed by atoms with Gasteiger partial charge in [-0.3, -0.25) is 9.20 Å². The number of hydrogen-bond acceptors (Lipinski definition) is 6. The van der Waals surface area contributed by atoms with Crippen molar-refractivity contribution in [3.63, 3.8) is 0 Å². The van der Waals surface area contributed by atoms with E-state index in [0.29, 0.717) is 17.8 Å². The lowest BCUT2D eigenvalue weighted by atomic mass is 10.2. The Morgan fingerprint density at radius 1 is 1.14 bits per heavy atom. The van der Waals surface area contributed by atoms with E-state index >= 15 is 0 Å². The van der Waals surface area contributed by atoms with E-state index in [-0.39, 0.29) is 26.6 Å². The first-order valence-electron chi connectivity index (χ1n) is 11.7. The van der Waals surface area contributed by atoms with E-state index in [0.717, 1.165) is 44.8 Å². The number of quaternary nitrogens is 1. The number of pyridine rings is 2. The lowest BCUT2D eigenvalue weighted by Crippen LogP contribution is -3.14. The molecule has 0 atom stereocenters. The number of benzene rings is 1. The Hall–Kier alpha value is -3.34. The average Bonchev–Trinajstić information content (AvgIpc) is 2.87. The lowest BCUT2D eigenvalue weighted by molar-refractivity contribution is -0.910. The maximum Gasteiger partial charge on any atom is 0.278 e. The highest BCUT2D eigenvalue weighted by atomic mass is 32.2. The molecule has 0 radical (unpaired) electrons. The van der Waals surface area contributed by atoms with Gasteiger partial charge in [0.1, 0.15) is 23.4 Å². The standard InChI is InChI=1S/C25H27N5O4S/c1-18-8-9-22-27-24-20(25(31)30(22)17-18)16-21(35(32,33)19-6-3-2-4-7-19)23(26)29(24)11-5-10-28-12-14-34-15-13-28/h2-4,6-9,16-17,26H,5,10-15H2,1H3/p+2. The summed E-state index contributed by atoms with van der Waals surface area (Å²) in [6, 6.07) is 13.2. The molecule has 3 N–H and O–H groups in total. The molecule has 4 aromatic rings. The van der Waals surface area contributed by atoms with Gasteiger partial charge in [0.25, 0.3) is 11.2 Å². The minimum Gasteiger partial charge on any atom is -0.370 e. The molecule has 182 valence electrons. The molecule has 1 fully saturated rings. The molecule has 3 aromatic heterocycles. The van der Waals surface area contributed by atoms with E-state index in [1.807, 2.05) is 13.0 Å². The molecule has 5 rings (SSSR count). The second kappa shape index (κ2) is 9.37. The number of morpholine rings is 1. The Morgan fingerprint density at radius 3 is 2.63 bits per heavy atom. The maximum absolute atomic E-state index is 13.6. The number of anilines is 1. The Bertz CT molecular complexity index is 1560. The first-order chi connectivity index (χ1) is 16.9. The van der Waals surface area contributed by atoms with Gasteiger partial charge in [-0.15, -0.1) is 0 Å². The summed E-state index contributed by atoms with van der Waals surface area (Å²) < 4.78 is 35.7. The first-order valence-corrected chi connectivity index (χ1v) is 13.2. The molecule has 1 saturated heterocycles. The van der Waals surface area contributed by atoms with Gasteiger partial charge in [-0.2, -0.15) is 0 Å². The van der Waals surface area contributed by atoms with Crippen molar-refractivity contribution in [1.82, 2.24) is 9.38 Å². The van der Waals surface area contributed by atoms with E-state index in [4.69, 9.17) is 15.5 Å². The molecule has 0 aliphatic carbocycles. The highest BCUT2D eigenvalue weighted by molar-refractivity contribution is 7.91. The molecule has 0 saturated carbocycles. The van der Waals surface area contributed by atoms with Gasteiger partial charge >= 0.3 is 0 Å². The third-order valence-electron chi connectivity index (χ3n) is 6.51. The Balaban J connectivity index is 1.68. The van der Waals surface area contributed by atoms with Gasteiger partial charge in [-0.05, 0) is 36.8 Å². The van der Waals surface area contributed by atoms with Crippen LogP contribution in [0, 0.1) is 6.92 Å². The van der Waals surface area contributed by atoms with Crippen molar-refractivity contribution in [2.45, 2.75) is 29.7 Å². The summed E-state index contributed by atoms with van der Waals surface area (Å²) in [5.41, 5.74) is 7.96. The molecular formula is C25H29N5O4S+2. The molecule has 9 nitrogen and oxygen atoms in total. The molecule has 0 bridgehead atoms. The van der Waals surface area contributed by atoms with Crippen LogP contribution in [0.25, 0.3) is 16.7 Å². The molecule has 1 aromatic carbocycles. The highest BCUT2D eigenvalue weighted by Crippen LogP contribution is 2.26. The van der Waals surface area contributed by atoms with Crippen LogP contribution in [0.15, 0.2) is 69.3 Å². The molecule has 0 amide bonds. The monoisotopic (exact) mass is 495 g/mol. The number of ether oxygens (including phenoxy) is 1. The van der Waals surface area contributed by atoms with Crippen LogP contribution in [0.2, 0.25) is 0 Å². The smallest absolute Gasteiger partial charge is 0.278 e. The van der Waals surface area contributed by atoms with Crippen LogP contribution in [0.5, 0.6) is 0 Å². The van der Waals surface area contributed by atoms with E-state index in [9.17, 15) is 13.2 Å². The molecule has 0 unspecified atom stereocenters. The number of hydrogen-bond donors (Lipinski definition) is 2. The van der Waals surface area contributed by atoms with Crippen molar-refractivity contribution in [2.75, 3.05) is 38.6 Å². The van der Waals surface area contributed by atoms with Crippen molar-refractivity contribution >= 4 is 32.3 Å².